The second-order valence-electron chi connectivity index (χ2n) is 9.98. The van der Waals surface area contributed by atoms with Crippen molar-refractivity contribution in [1.29, 1.82) is 0 Å². The van der Waals surface area contributed by atoms with E-state index in [4.69, 9.17) is 30.0 Å². The lowest BCUT2D eigenvalue weighted by molar-refractivity contribution is -0.347. The molecule has 4 aromatic heterocycles. The van der Waals surface area contributed by atoms with Crippen LogP contribution >= 0.6 is 15.6 Å². The summed E-state index contributed by atoms with van der Waals surface area (Å²) in [4.78, 5) is 69.8. The molecule has 0 radical (unpaired) electrons. The fraction of sp³-hybridized carbons (Fsp3) is 0.500. The third-order valence-corrected chi connectivity index (χ3v) is 8.56. The second kappa shape index (κ2) is 12.0. The number of phosphoric ester groups is 2. The molecule has 6 heterocycles. The first-order valence-corrected chi connectivity index (χ1v) is 15.9. The quantitative estimate of drug-likeness (QED) is 0.0846. The van der Waals surface area contributed by atoms with Crippen LogP contribution in [0.15, 0.2) is 23.8 Å². The number of aliphatic hydroxyl groups is 3. The molecule has 26 heteroatoms. The zero-order valence-corrected chi connectivity index (χ0v) is 24.6. The summed E-state index contributed by atoms with van der Waals surface area (Å²) >= 11 is 0. The lowest BCUT2D eigenvalue weighted by atomic mass is 10.1. The van der Waals surface area contributed by atoms with Gasteiger partial charge in [-0.05, 0) is 0 Å². The third-order valence-electron chi connectivity index (χ3n) is 7.09. The van der Waals surface area contributed by atoms with Crippen LogP contribution in [-0.2, 0) is 32.2 Å². The zero-order valence-electron chi connectivity index (χ0n) is 22.8. The van der Waals surface area contributed by atoms with E-state index in [1.807, 2.05) is 0 Å². The lowest BCUT2D eigenvalue weighted by Gasteiger charge is -2.34. The Bertz CT molecular complexity index is 1910. The van der Waals surface area contributed by atoms with Crippen LogP contribution < -0.4 is 31.7 Å². The second-order valence-corrected chi connectivity index (χ2v) is 12.5. The number of nitrogen functional groups attached to an aromatic ring is 2. The Labute approximate surface area is 254 Å². The number of nitrogens with two attached hydrogens (primary N) is 2. The Morgan fingerprint density at radius 1 is 0.913 bits per heavy atom. The maximum atomic E-state index is 12.9. The molecule has 2 saturated heterocycles. The maximum absolute atomic E-state index is 12.9. The monoisotopic (exact) mass is 689 g/mol. The lowest BCUT2D eigenvalue weighted by Crippen LogP contribution is -2.39. The van der Waals surface area contributed by atoms with Gasteiger partial charge in [0.05, 0.1) is 33.7 Å². The Morgan fingerprint density at radius 2 is 1.59 bits per heavy atom. The van der Waals surface area contributed by atoms with Crippen LogP contribution in [0.5, 0.6) is 0 Å². The highest BCUT2D eigenvalue weighted by molar-refractivity contribution is 7.45. The maximum Gasteiger partial charge on any atom is 0.280 e. The molecule has 2 fully saturated rings. The van der Waals surface area contributed by atoms with Crippen LogP contribution in [0.2, 0.25) is 0 Å². The smallest absolute Gasteiger partial charge is 0.280 e. The molecule has 0 aromatic carbocycles. The summed E-state index contributed by atoms with van der Waals surface area (Å²) in [5, 5.41) is 31.5. The largest absolute Gasteiger partial charge is 0.790 e. The number of aliphatic hydroxyl groups excluding tert-OH is 3. The predicted molar refractivity (Wildman–Crippen MR) is 140 cm³/mol. The van der Waals surface area contributed by atoms with Gasteiger partial charge in [-0.1, -0.05) is 0 Å². The van der Waals surface area contributed by atoms with Gasteiger partial charge in [0.2, 0.25) is 5.95 Å². The number of ether oxygens (including phenoxy) is 2. The van der Waals surface area contributed by atoms with Crippen LogP contribution in [0.4, 0.5) is 11.8 Å². The number of nitrogens with zero attached hydrogens (tertiary/aromatic N) is 7. The van der Waals surface area contributed by atoms with Gasteiger partial charge in [-0.3, -0.25) is 23.5 Å². The van der Waals surface area contributed by atoms with Crippen molar-refractivity contribution in [2.75, 3.05) is 24.7 Å². The van der Waals surface area contributed by atoms with E-state index in [0.717, 1.165) is 17.2 Å². The Hall–Kier alpha value is -3.48. The molecule has 250 valence electrons. The fourth-order valence-corrected chi connectivity index (χ4v) is 6.57. The number of anilines is 2. The third kappa shape index (κ3) is 6.02. The average Bonchev–Trinajstić information content (AvgIpc) is 3.73. The summed E-state index contributed by atoms with van der Waals surface area (Å²) < 4.78 is 52.1. The van der Waals surface area contributed by atoms with E-state index in [1.54, 1.807) is 0 Å². The number of fused-ring (bicyclic) bond motifs is 2. The zero-order chi connectivity index (χ0) is 33.1. The van der Waals surface area contributed by atoms with E-state index < -0.39 is 83.5 Å². The van der Waals surface area contributed by atoms with Crippen molar-refractivity contribution in [1.82, 2.24) is 39.0 Å². The molecule has 5 unspecified atom stereocenters. The molecule has 2 aliphatic rings. The van der Waals surface area contributed by atoms with Crippen molar-refractivity contribution in [3.05, 3.63) is 29.3 Å². The molecular weight excluding hydrogens is 666 g/mol. The first kappa shape index (κ1) is 32.5. The van der Waals surface area contributed by atoms with Crippen molar-refractivity contribution < 1.29 is 62.2 Å². The minimum Gasteiger partial charge on any atom is -0.790 e. The number of phosphoric acid groups is 2. The van der Waals surface area contributed by atoms with Gasteiger partial charge in [0, 0.05) is 0 Å². The first-order chi connectivity index (χ1) is 21.7. The van der Waals surface area contributed by atoms with Crippen LogP contribution in [0, 0.1) is 0 Å². The summed E-state index contributed by atoms with van der Waals surface area (Å²) in [5.74, 6) is -0.340. The number of H-pyrrole nitrogens is 1. The summed E-state index contributed by atoms with van der Waals surface area (Å²) in [5.41, 5.74) is 10.3. The minimum atomic E-state index is -5.79. The molecule has 0 saturated carbocycles. The minimum absolute atomic E-state index is 0.0231. The van der Waals surface area contributed by atoms with Gasteiger partial charge >= 0.3 is 0 Å². The van der Waals surface area contributed by atoms with Crippen LogP contribution in [0.25, 0.3) is 22.3 Å². The van der Waals surface area contributed by atoms with Crippen molar-refractivity contribution in [2.45, 2.75) is 49.1 Å². The van der Waals surface area contributed by atoms with Gasteiger partial charge in [-0.15, -0.1) is 0 Å². The molecule has 0 bridgehead atoms. The van der Waals surface area contributed by atoms with E-state index in [2.05, 4.69) is 34.4 Å². The van der Waals surface area contributed by atoms with E-state index in [9.17, 15) is 43.9 Å². The SMILES string of the molecule is Nc1nc2c(ncn2[C@@H]2O[C@H](COP(=O)([O-])OC3C(O)[C@H](n4cnc5c(N)ncnc54)O[C@@H]3CO)C(O)C2OP(=O)([O-])[O-])c(=O)[nH]1. The van der Waals surface area contributed by atoms with E-state index >= 15 is 0 Å². The van der Waals surface area contributed by atoms with Crippen molar-refractivity contribution in [3.63, 3.8) is 0 Å². The molecule has 4 aromatic rings. The number of imidazole rings is 2. The predicted octanol–water partition coefficient (Wildman–Crippen LogP) is -5.28. The normalized spacial score (nSPS) is 30.0. The van der Waals surface area contributed by atoms with Crippen molar-refractivity contribution in [2.24, 2.45) is 0 Å². The van der Waals surface area contributed by atoms with Crippen LogP contribution in [-0.4, -0.2) is 104 Å². The van der Waals surface area contributed by atoms with Crippen LogP contribution in [0.3, 0.4) is 0 Å². The molecule has 2 aliphatic heterocycles. The number of nitrogens with one attached hydrogen (secondary N) is 1. The van der Waals surface area contributed by atoms with Gasteiger partial charge in [-0.2, -0.15) is 4.98 Å². The average molecular weight is 689 g/mol. The molecule has 0 aliphatic carbocycles. The molecule has 0 amide bonds. The number of hydrogen-bond acceptors (Lipinski definition) is 21. The summed E-state index contributed by atoms with van der Waals surface area (Å²) in [6.07, 6.45) is -10.4. The number of aromatic amines is 1. The van der Waals surface area contributed by atoms with E-state index in [-0.39, 0.29) is 34.1 Å². The Morgan fingerprint density at radius 3 is 2.28 bits per heavy atom. The number of hydrogen-bond donors (Lipinski definition) is 6. The molecule has 9 atom stereocenters. The van der Waals surface area contributed by atoms with Gasteiger partial charge in [0.15, 0.2) is 35.1 Å². The number of rotatable bonds is 10. The molecular formula is C20H23N10O14P2-3. The first-order valence-electron chi connectivity index (χ1n) is 12.9. The molecule has 8 N–H and O–H groups in total. The topological polar surface area (TPSA) is 369 Å². The standard InChI is InChI=1S/C20H26N10O14P2/c21-14-8-15(24-3-23-14)29(4-25-8)18-11(33)12(6(1-31)41-18)44-46(38,39)40-2-7-10(32)13(43-45(35,36)37)19(42-7)30-5-26-9-16(30)27-20(22)28-17(9)34/h3-7,10-13,18-19,31-33H,1-2H2,(H,38,39)(H2,21,23,24)(H2,35,36,37)(H3,22,27,28,34)/p-3/t6-,7-,10?,11?,12?,13?,18-,19-/m1/s1. The molecule has 24 nitrogen and oxygen atoms in total. The highest BCUT2D eigenvalue weighted by Crippen LogP contribution is 2.47. The highest BCUT2D eigenvalue weighted by Gasteiger charge is 2.49. The molecule has 6 rings (SSSR count). The van der Waals surface area contributed by atoms with Gasteiger partial charge in [0.25, 0.3) is 13.4 Å². The van der Waals surface area contributed by atoms with Crippen LogP contribution in [0.1, 0.15) is 12.5 Å². The van der Waals surface area contributed by atoms with Gasteiger partial charge in [-0.25, -0.2) is 19.9 Å². The Balaban J connectivity index is 1.19. The summed E-state index contributed by atoms with van der Waals surface area (Å²) in [6, 6.07) is 0. The highest BCUT2D eigenvalue weighted by atomic mass is 31.2. The fourth-order valence-electron chi connectivity index (χ4n) is 5.10. The Kier molecular flexibility index (Phi) is 8.43. The number of aromatic nitrogens is 8. The van der Waals surface area contributed by atoms with Gasteiger partial charge < -0.3 is 69.1 Å². The van der Waals surface area contributed by atoms with Gasteiger partial charge in [0.1, 0.15) is 48.5 Å². The van der Waals surface area contributed by atoms with E-state index in [1.165, 1.54) is 10.9 Å². The summed E-state index contributed by atoms with van der Waals surface area (Å²) in [7, 11) is -11.2. The molecule has 46 heavy (non-hydrogen) atoms. The summed E-state index contributed by atoms with van der Waals surface area (Å²) in [6.45, 7) is -1.85. The molecule has 0 spiro atoms. The van der Waals surface area contributed by atoms with Crippen molar-refractivity contribution in [3.8, 4) is 0 Å². The van der Waals surface area contributed by atoms with E-state index in [0.29, 0.717) is 0 Å². The van der Waals surface area contributed by atoms with Crippen molar-refractivity contribution >= 4 is 49.7 Å².